The van der Waals surface area contributed by atoms with Crippen LogP contribution in [0.3, 0.4) is 0 Å². The Hall–Kier alpha value is -1.94. The van der Waals surface area contributed by atoms with E-state index in [1.54, 1.807) is 14.2 Å². The van der Waals surface area contributed by atoms with Crippen molar-refractivity contribution >= 4 is 34.7 Å². The maximum atomic E-state index is 5.51. The largest absolute Gasteiger partial charge is 0.497 e. The molecule has 0 atom stereocenters. The molecule has 106 valence electrons. The van der Waals surface area contributed by atoms with E-state index in [4.69, 9.17) is 9.47 Å². The summed E-state index contributed by atoms with van der Waals surface area (Å²) in [5.41, 5.74) is 2.33. The molecule has 3 aromatic rings. The summed E-state index contributed by atoms with van der Waals surface area (Å²) in [4.78, 5) is 1.35. The average Bonchev–Trinajstić information content (AvgIpc) is 2.89. The third kappa shape index (κ3) is 2.76. The molecule has 0 spiro atoms. The molecule has 21 heavy (non-hydrogen) atoms. The Morgan fingerprint density at radius 2 is 1.76 bits per heavy atom. The van der Waals surface area contributed by atoms with Crippen molar-refractivity contribution in [3.63, 3.8) is 0 Å². The highest BCUT2D eigenvalue weighted by Crippen LogP contribution is 2.30. The summed E-state index contributed by atoms with van der Waals surface area (Å²) < 4.78 is 12.2. The highest BCUT2D eigenvalue weighted by atomic mass is 32.1. The lowest BCUT2D eigenvalue weighted by Gasteiger charge is -2.12. The Morgan fingerprint density at radius 3 is 2.48 bits per heavy atom. The van der Waals surface area contributed by atoms with E-state index < -0.39 is 0 Å². The number of ether oxygens (including phenoxy) is 2. The summed E-state index contributed by atoms with van der Waals surface area (Å²) in [7, 11) is 5.46. The summed E-state index contributed by atoms with van der Waals surface area (Å²) in [6.07, 6.45) is 0.882. The van der Waals surface area contributed by atoms with Gasteiger partial charge in [-0.1, -0.05) is 24.3 Å². The van der Waals surface area contributed by atoms with Crippen molar-refractivity contribution in [2.24, 2.45) is 0 Å². The third-order valence-corrected chi connectivity index (χ3v) is 4.76. The summed E-state index contributed by atoms with van der Waals surface area (Å²) >= 11 is 1.84. The Bertz CT molecular complexity index is 747. The molecule has 0 aliphatic heterocycles. The molecule has 0 bridgehead atoms. The molecule has 0 saturated heterocycles. The zero-order valence-electron chi connectivity index (χ0n) is 12.5. The molecule has 0 radical (unpaired) electrons. The fourth-order valence-corrected chi connectivity index (χ4v) is 3.68. The van der Waals surface area contributed by atoms with Crippen molar-refractivity contribution in [1.29, 1.82) is 0 Å². The Kier molecular flexibility index (Phi) is 3.89. The molecule has 0 unspecified atom stereocenters. The maximum Gasteiger partial charge on any atom is 0.144 e. The molecule has 0 aliphatic rings. The van der Waals surface area contributed by atoms with Gasteiger partial charge in [-0.15, -0.1) is 11.3 Å². The van der Waals surface area contributed by atoms with Crippen LogP contribution >= 0.6 is 11.3 Å². The van der Waals surface area contributed by atoms with Gasteiger partial charge in [0.25, 0.3) is 0 Å². The number of fused-ring (bicyclic) bond motifs is 1. The van der Waals surface area contributed by atoms with E-state index in [-0.39, 0.29) is 0 Å². The number of hydrogen-bond acceptors (Lipinski definition) is 3. The number of thiophene rings is 1. The predicted molar refractivity (Wildman–Crippen MR) is 92.4 cm³/mol. The van der Waals surface area contributed by atoms with Gasteiger partial charge in [-0.2, -0.15) is 0 Å². The van der Waals surface area contributed by atoms with E-state index in [1.165, 1.54) is 20.5 Å². The van der Waals surface area contributed by atoms with E-state index in [9.17, 15) is 0 Å². The number of methoxy groups -OCH3 is 2. The van der Waals surface area contributed by atoms with Crippen LogP contribution in [0.5, 0.6) is 11.5 Å². The van der Waals surface area contributed by atoms with Crippen molar-refractivity contribution in [3.05, 3.63) is 52.9 Å². The predicted octanol–water partition coefficient (Wildman–Crippen LogP) is 2.77. The first-order valence-electron chi connectivity index (χ1n) is 6.90. The van der Waals surface area contributed by atoms with Crippen molar-refractivity contribution in [1.82, 2.24) is 0 Å². The summed E-state index contributed by atoms with van der Waals surface area (Å²) in [6.45, 7) is 0. The quantitative estimate of drug-likeness (QED) is 0.689. The Balaban J connectivity index is 1.98. The fourth-order valence-electron chi connectivity index (χ4n) is 2.59. The number of benzene rings is 2. The van der Waals surface area contributed by atoms with Crippen LogP contribution in [0, 0.1) is 0 Å². The first kappa shape index (κ1) is 14.0. The lowest BCUT2D eigenvalue weighted by molar-refractivity contribution is 0.393. The molecule has 0 N–H and O–H groups in total. The Labute approximate surface area is 129 Å². The van der Waals surface area contributed by atoms with Crippen LogP contribution in [0.25, 0.3) is 10.1 Å². The smallest absolute Gasteiger partial charge is 0.144 e. The van der Waals surface area contributed by atoms with Gasteiger partial charge in [0.1, 0.15) is 19.3 Å². The second kappa shape index (κ2) is 5.82. The number of hydrogen-bond donors (Lipinski definition) is 0. The molecule has 0 fully saturated rings. The van der Waals surface area contributed by atoms with E-state index in [0.717, 1.165) is 23.4 Å². The zero-order chi connectivity index (χ0) is 14.8. The molecule has 3 rings (SSSR count). The van der Waals surface area contributed by atoms with Gasteiger partial charge in [0.05, 0.1) is 14.2 Å². The molecule has 2 nitrogen and oxygen atoms in total. The van der Waals surface area contributed by atoms with Crippen LogP contribution in [0.4, 0.5) is 0 Å². The van der Waals surface area contributed by atoms with E-state index in [0.29, 0.717) is 0 Å². The van der Waals surface area contributed by atoms with Crippen LogP contribution in [0.15, 0.2) is 42.5 Å². The van der Waals surface area contributed by atoms with Crippen LogP contribution in [-0.4, -0.2) is 22.1 Å². The molecule has 2 aromatic carbocycles. The van der Waals surface area contributed by atoms with Gasteiger partial charge in [-0.3, -0.25) is 0 Å². The van der Waals surface area contributed by atoms with Crippen LogP contribution in [0.1, 0.15) is 10.4 Å². The van der Waals surface area contributed by atoms with Crippen molar-refractivity contribution in [2.75, 3.05) is 14.2 Å². The minimum Gasteiger partial charge on any atom is -0.497 e. The van der Waals surface area contributed by atoms with Gasteiger partial charge in [-0.05, 0) is 28.5 Å². The van der Waals surface area contributed by atoms with Crippen molar-refractivity contribution in [2.45, 2.75) is 6.42 Å². The highest BCUT2D eigenvalue weighted by Gasteiger charge is 2.10. The van der Waals surface area contributed by atoms with Gasteiger partial charge >= 0.3 is 0 Å². The van der Waals surface area contributed by atoms with Gasteiger partial charge in [0.2, 0.25) is 0 Å². The second-order valence-electron chi connectivity index (χ2n) is 5.06. The van der Waals surface area contributed by atoms with Crippen LogP contribution in [0.2, 0.25) is 0 Å². The normalized spacial score (nSPS) is 10.8. The van der Waals surface area contributed by atoms with Crippen LogP contribution < -0.4 is 14.9 Å². The minimum absolute atomic E-state index is 0.868. The monoisotopic (exact) mass is 296 g/mol. The molecular formula is C17H17BO2S. The van der Waals surface area contributed by atoms with E-state index >= 15 is 0 Å². The van der Waals surface area contributed by atoms with Crippen LogP contribution in [-0.2, 0) is 6.42 Å². The maximum absolute atomic E-state index is 5.51. The fraction of sp³-hybridized carbons (Fsp3) is 0.176. The first-order valence-corrected chi connectivity index (χ1v) is 7.72. The average molecular weight is 296 g/mol. The SMILES string of the molecule is Bc1cc(Cc2cc3ccccc3s2)c(OC)cc1OC. The second-order valence-corrected chi connectivity index (χ2v) is 6.23. The standard InChI is InChI=1S/C17H17BO2S/c1-19-15-10-16(20-2)14(18)9-12(15)8-13-7-11-5-3-4-6-17(11)21-13/h3-7,9-10H,8,18H2,1-2H3. The first-order chi connectivity index (χ1) is 10.2. The lowest BCUT2D eigenvalue weighted by Crippen LogP contribution is -2.09. The summed E-state index contributed by atoms with van der Waals surface area (Å²) in [5.74, 6) is 1.75. The number of rotatable bonds is 4. The molecule has 0 amide bonds. The molecule has 1 aromatic heterocycles. The van der Waals surface area contributed by atoms with E-state index in [1.807, 2.05) is 17.4 Å². The molecular weight excluding hydrogens is 279 g/mol. The summed E-state index contributed by atoms with van der Waals surface area (Å²) in [6, 6.07) is 14.9. The van der Waals surface area contributed by atoms with Gasteiger partial charge in [0, 0.05) is 22.1 Å². The van der Waals surface area contributed by atoms with Gasteiger partial charge < -0.3 is 9.47 Å². The minimum atomic E-state index is 0.868. The molecule has 0 aliphatic carbocycles. The molecule has 1 heterocycles. The molecule has 4 heteroatoms. The zero-order valence-corrected chi connectivity index (χ0v) is 13.3. The van der Waals surface area contributed by atoms with Gasteiger partial charge in [0.15, 0.2) is 0 Å². The van der Waals surface area contributed by atoms with Crippen molar-refractivity contribution in [3.8, 4) is 11.5 Å². The Morgan fingerprint density at radius 1 is 1.00 bits per heavy atom. The summed E-state index contributed by atoms with van der Waals surface area (Å²) in [5, 5.41) is 1.31. The van der Waals surface area contributed by atoms with E-state index in [2.05, 4.69) is 44.2 Å². The molecule has 0 saturated carbocycles. The topological polar surface area (TPSA) is 18.5 Å². The van der Waals surface area contributed by atoms with Crippen molar-refractivity contribution < 1.29 is 9.47 Å². The highest BCUT2D eigenvalue weighted by molar-refractivity contribution is 7.19. The van der Waals surface area contributed by atoms with Gasteiger partial charge in [-0.25, -0.2) is 0 Å². The lowest BCUT2D eigenvalue weighted by atomic mass is 9.91. The third-order valence-electron chi connectivity index (χ3n) is 3.64.